The Kier molecular flexibility index (Phi) is 5.74. The molecular formula is C17H17Cl2NO3. The van der Waals surface area contributed by atoms with Gasteiger partial charge in [-0.25, -0.2) is 4.79 Å². The van der Waals surface area contributed by atoms with Crippen LogP contribution in [0.3, 0.4) is 0 Å². The Morgan fingerprint density at radius 1 is 1.17 bits per heavy atom. The van der Waals surface area contributed by atoms with Gasteiger partial charge in [0.15, 0.2) is 0 Å². The fourth-order valence-corrected chi connectivity index (χ4v) is 2.63. The van der Waals surface area contributed by atoms with Crippen LogP contribution in [0.4, 0.5) is 5.69 Å². The summed E-state index contributed by atoms with van der Waals surface area (Å²) in [4.78, 5) is 11.3. The number of hydrogen-bond donors (Lipinski definition) is 2. The Labute approximate surface area is 145 Å². The third kappa shape index (κ3) is 4.53. The van der Waals surface area contributed by atoms with Crippen molar-refractivity contribution < 1.29 is 14.6 Å². The number of anilines is 1. The number of carboxylic acids is 1. The van der Waals surface area contributed by atoms with Crippen molar-refractivity contribution in [2.75, 3.05) is 18.5 Å². The molecule has 4 nitrogen and oxygen atoms in total. The molecule has 0 saturated carbocycles. The van der Waals surface area contributed by atoms with Crippen LogP contribution >= 0.6 is 23.2 Å². The van der Waals surface area contributed by atoms with E-state index >= 15 is 0 Å². The SMILES string of the molecule is Cc1ccc(OCCNc2c(Cl)cc(Cl)cc2C(=O)O)cc1C. The largest absolute Gasteiger partial charge is 0.492 e. The minimum absolute atomic E-state index is 0.0358. The van der Waals surface area contributed by atoms with Crippen LogP contribution in [0, 0.1) is 13.8 Å². The lowest BCUT2D eigenvalue weighted by atomic mass is 10.1. The molecule has 0 aliphatic rings. The second kappa shape index (κ2) is 7.57. The van der Waals surface area contributed by atoms with Gasteiger partial charge in [-0.2, -0.15) is 0 Å². The fourth-order valence-electron chi connectivity index (χ4n) is 2.07. The average Bonchev–Trinajstić information content (AvgIpc) is 2.48. The van der Waals surface area contributed by atoms with Gasteiger partial charge in [-0.15, -0.1) is 0 Å². The lowest BCUT2D eigenvalue weighted by molar-refractivity contribution is 0.0698. The summed E-state index contributed by atoms with van der Waals surface area (Å²) in [6, 6.07) is 8.73. The first-order valence-electron chi connectivity index (χ1n) is 7.04. The molecule has 0 bridgehead atoms. The quantitative estimate of drug-likeness (QED) is 0.732. The summed E-state index contributed by atoms with van der Waals surface area (Å²) in [7, 11) is 0. The molecule has 2 N–H and O–H groups in total. The third-order valence-corrected chi connectivity index (χ3v) is 3.95. The Morgan fingerprint density at radius 2 is 1.91 bits per heavy atom. The second-order valence-electron chi connectivity index (χ2n) is 5.14. The van der Waals surface area contributed by atoms with Crippen LogP contribution in [0.15, 0.2) is 30.3 Å². The van der Waals surface area contributed by atoms with Crippen molar-refractivity contribution in [2.24, 2.45) is 0 Å². The predicted octanol–water partition coefficient (Wildman–Crippen LogP) is 4.80. The summed E-state index contributed by atoms with van der Waals surface area (Å²) in [5.74, 6) is -0.317. The molecule has 0 spiro atoms. The molecule has 0 aromatic heterocycles. The monoisotopic (exact) mass is 353 g/mol. The highest BCUT2D eigenvalue weighted by atomic mass is 35.5. The van der Waals surface area contributed by atoms with Gasteiger partial charge in [0.1, 0.15) is 12.4 Å². The molecule has 6 heteroatoms. The van der Waals surface area contributed by atoms with Gasteiger partial charge in [0.25, 0.3) is 0 Å². The minimum atomic E-state index is -1.09. The first-order valence-corrected chi connectivity index (χ1v) is 7.80. The van der Waals surface area contributed by atoms with Crippen molar-refractivity contribution in [3.05, 3.63) is 57.1 Å². The minimum Gasteiger partial charge on any atom is -0.492 e. The van der Waals surface area contributed by atoms with Gasteiger partial charge in [0, 0.05) is 11.6 Å². The summed E-state index contributed by atoms with van der Waals surface area (Å²) >= 11 is 11.9. The molecule has 0 unspecified atom stereocenters. The Bertz CT molecular complexity index is 732. The zero-order valence-corrected chi connectivity index (χ0v) is 14.3. The van der Waals surface area contributed by atoms with Gasteiger partial charge in [-0.1, -0.05) is 29.3 Å². The highest BCUT2D eigenvalue weighted by molar-refractivity contribution is 6.37. The predicted molar refractivity (Wildman–Crippen MR) is 93.3 cm³/mol. The van der Waals surface area contributed by atoms with E-state index in [0.29, 0.717) is 18.8 Å². The van der Waals surface area contributed by atoms with Crippen molar-refractivity contribution in [3.8, 4) is 5.75 Å². The lowest BCUT2D eigenvalue weighted by Gasteiger charge is -2.13. The molecule has 2 aromatic carbocycles. The van der Waals surface area contributed by atoms with E-state index in [9.17, 15) is 9.90 Å². The van der Waals surface area contributed by atoms with Crippen LogP contribution in [0.25, 0.3) is 0 Å². The van der Waals surface area contributed by atoms with Crippen molar-refractivity contribution >= 4 is 34.9 Å². The van der Waals surface area contributed by atoms with Gasteiger partial charge in [-0.05, 0) is 49.2 Å². The third-order valence-electron chi connectivity index (χ3n) is 3.44. The van der Waals surface area contributed by atoms with E-state index in [4.69, 9.17) is 27.9 Å². The van der Waals surface area contributed by atoms with Gasteiger partial charge < -0.3 is 15.2 Å². The molecule has 2 aromatic rings. The Morgan fingerprint density at radius 3 is 2.57 bits per heavy atom. The lowest BCUT2D eigenvalue weighted by Crippen LogP contribution is -2.14. The average molecular weight is 354 g/mol. The molecule has 0 atom stereocenters. The van der Waals surface area contributed by atoms with Gasteiger partial charge in [-0.3, -0.25) is 0 Å². The Balaban J connectivity index is 1.99. The summed E-state index contributed by atoms with van der Waals surface area (Å²) in [6.45, 7) is 4.85. The molecule has 0 amide bonds. The molecule has 0 heterocycles. The first kappa shape index (κ1) is 17.4. The Hall–Kier alpha value is -1.91. The van der Waals surface area contributed by atoms with Gasteiger partial charge in [0.05, 0.1) is 16.3 Å². The van der Waals surface area contributed by atoms with Crippen molar-refractivity contribution in [1.29, 1.82) is 0 Å². The number of ether oxygens (including phenoxy) is 1. The van der Waals surface area contributed by atoms with Crippen LogP contribution in [-0.4, -0.2) is 24.2 Å². The second-order valence-corrected chi connectivity index (χ2v) is 5.98. The van der Waals surface area contributed by atoms with Crippen LogP contribution in [-0.2, 0) is 0 Å². The number of nitrogens with one attached hydrogen (secondary N) is 1. The normalized spacial score (nSPS) is 10.4. The van der Waals surface area contributed by atoms with Gasteiger partial charge >= 0.3 is 5.97 Å². The maximum atomic E-state index is 11.3. The highest BCUT2D eigenvalue weighted by Crippen LogP contribution is 2.30. The number of rotatable bonds is 6. The van der Waals surface area contributed by atoms with E-state index in [1.54, 1.807) is 0 Å². The first-order chi connectivity index (χ1) is 10.9. The zero-order valence-electron chi connectivity index (χ0n) is 12.8. The molecule has 0 fully saturated rings. The molecule has 23 heavy (non-hydrogen) atoms. The van der Waals surface area contributed by atoms with Crippen LogP contribution in [0.1, 0.15) is 21.5 Å². The summed E-state index contributed by atoms with van der Waals surface area (Å²) in [6.07, 6.45) is 0. The van der Waals surface area contributed by atoms with E-state index in [2.05, 4.69) is 5.32 Å². The van der Waals surface area contributed by atoms with Crippen LogP contribution in [0.5, 0.6) is 5.75 Å². The van der Waals surface area contributed by atoms with Crippen molar-refractivity contribution in [1.82, 2.24) is 0 Å². The van der Waals surface area contributed by atoms with Crippen LogP contribution in [0.2, 0.25) is 10.0 Å². The molecule has 0 aliphatic carbocycles. The topological polar surface area (TPSA) is 58.6 Å². The number of aryl methyl sites for hydroxylation is 2. The molecule has 122 valence electrons. The number of carboxylic acid groups (broad SMARTS) is 1. The number of hydrogen-bond acceptors (Lipinski definition) is 3. The van der Waals surface area contributed by atoms with Crippen molar-refractivity contribution in [3.63, 3.8) is 0 Å². The maximum Gasteiger partial charge on any atom is 0.337 e. The van der Waals surface area contributed by atoms with E-state index in [-0.39, 0.29) is 15.6 Å². The molecule has 0 aliphatic heterocycles. The standard InChI is InChI=1S/C17H17Cl2NO3/c1-10-3-4-13(7-11(10)2)23-6-5-20-16-14(17(21)22)8-12(18)9-15(16)19/h3-4,7-9,20H,5-6H2,1-2H3,(H,21,22). The molecule has 2 rings (SSSR count). The van der Waals surface area contributed by atoms with E-state index in [1.807, 2.05) is 32.0 Å². The molecule has 0 saturated heterocycles. The number of aromatic carboxylic acids is 1. The zero-order chi connectivity index (χ0) is 17.0. The van der Waals surface area contributed by atoms with Crippen molar-refractivity contribution in [2.45, 2.75) is 13.8 Å². The van der Waals surface area contributed by atoms with E-state index in [1.165, 1.54) is 17.7 Å². The molecule has 0 radical (unpaired) electrons. The smallest absolute Gasteiger partial charge is 0.337 e. The van der Waals surface area contributed by atoms with E-state index < -0.39 is 5.97 Å². The summed E-state index contributed by atoms with van der Waals surface area (Å²) < 4.78 is 5.65. The number of carbonyl (C=O) groups is 1. The highest BCUT2D eigenvalue weighted by Gasteiger charge is 2.14. The summed E-state index contributed by atoms with van der Waals surface area (Å²) in [5, 5.41) is 12.8. The number of halogens is 2. The van der Waals surface area contributed by atoms with Gasteiger partial charge in [0.2, 0.25) is 0 Å². The number of benzene rings is 2. The maximum absolute atomic E-state index is 11.3. The molecular weight excluding hydrogens is 337 g/mol. The fraction of sp³-hybridized carbons (Fsp3) is 0.235. The van der Waals surface area contributed by atoms with Crippen LogP contribution < -0.4 is 10.1 Å². The summed E-state index contributed by atoms with van der Waals surface area (Å²) in [5.41, 5.74) is 2.74. The van der Waals surface area contributed by atoms with E-state index in [0.717, 1.165) is 11.3 Å².